The first-order valence-corrected chi connectivity index (χ1v) is 6.24. The van der Waals surface area contributed by atoms with Gasteiger partial charge in [-0.3, -0.25) is 9.59 Å². The molecule has 0 atom stereocenters. The van der Waals surface area contributed by atoms with Gasteiger partial charge in [-0.2, -0.15) is 0 Å². The molecule has 0 fully saturated rings. The number of carbonyl (C=O) groups excluding carboxylic acids is 2. The number of amides is 2. The normalized spacial score (nSPS) is 10.3. The third kappa shape index (κ3) is 4.99. The lowest BCUT2D eigenvalue weighted by Crippen LogP contribution is -2.38. The van der Waals surface area contributed by atoms with E-state index in [4.69, 9.17) is 0 Å². The van der Waals surface area contributed by atoms with E-state index in [2.05, 4.69) is 10.6 Å². The van der Waals surface area contributed by atoms with Crippen molar-refractivity contribution >= 4 is 11.8 Å². The van der Waals surface area contributed by atoms with Gasteiger partial charge >= 0.3 is 0 Å². The minimum absolute atomic E-state index is 0.0501. The molecule has 0 aromatic heterocycles. The smallest absolute Gasteiger partial charge is 0.251 e. The van der Waals surface area contributed by atoms with Crippen molar-refractivity contribution in [2.45, 2.75) is 20.8 Å². The van der Waals surface area contributed by atoms with Crippen LogP contribution in [0.2, 0.25) is 0 Å². The van der Waals surface area contributed by atoms with Crippen molar-refractivity contribution in [2.75, 3.05) is 13.1 Å². The fraction of sp³-hybridized carbons (Fsp3) is 0.429. The van der Waals surface area contributed by atoms with Gasteiger partial charge in [-0.05, 0) is 36.6 Å². The lowest BCUT2D eigenvalue weighted by molar-refractivity contribution is -0.120. The van der Waals surface area contributed by atoms with Crippen LogP contribution in [0.25, 0.3) is 0 Å². The van der Waals surface area contributed by atoms with Gasteiger partial charge in [0.25, 0.3) is 5.91 Å². The molecular weight excluding hydrogens is 244 g/mol. The quantitative estimate of drug-likeness (QED) is 0.747. The molecule has 2 amide bonds. The Morgan fingerprint density at radius 1 is 1.26 bits per heavy atom. The van der Waals surface area contributed by atoms with Crippen molar-refractivity contribution in [3.05, 3.63) is 29.3 Å². The summed E-state index contributed by atoms with van der Waals surface area (Å²) in [5, 5.41) is 14.6. The summed E-state index contributed by atoms with van der Waals surface area (Å²) in [7, 11) is 0. The summed E-state index contributed by atoms with van der Waals surface area (Å²) in [5.74, 6) is -0.0222. The molecule has 19 heavy (non-hydrogen) atoms. The van der Waals surface area contributed by atoms with Gasteiger partial charge in [-0.1, -0.05) is 13.8 Å². The highest BCUT2D eigenvalue weighted by Gasteiger charge is 2.09. The van der Waals surface area contributed by atoms with Gasteiger partial charge in [-0.15, -0.1) is 0 Å². The molecule has 1 aromatic carbocycles. The van der Waals surface area contributed by atoms with E-state index in [0.29, 0.717) is 23.6 Å². The zero-order valence-corrected chi connectivity index (χ0v) is 11.5. The zero-order chi connectivity index (χ0) is 14.4. The number of hydrogen-bond donors (Lipinski definition) is 3. The highest BCUT2D eigenvalue weighted by atomic mass is 16.3. The maximum atomic E-state index is 11.8. The summed E-state index contributed by atoms with van der Waals surface area (Å²) in [4.78, 5) is 23.2. The van der Waals surface area contributed by atoms with Crippen LogP contribution in [-0.2, 0) is 4.79 Å². The second-order valence-electron chi connectivity index (χ2n) is 4.88. The van der Waals surface area contributed by atoms with Gasteiger partial charge in [0.2, 0.25) is 5.91 Å². The third-order valence-corrected chi connectivity index (χ3v) is 2.58. The molecule has 1 aromatic rings. The third-order valence-electron chi connectivity index (χ3n) is 2.58. The van der Waals surface area contributed by atoms with Crippen LogP contribution in [0.15, 0.2) is 18.2 Å². The van der Waals surface area contributed by atoms with Gasteiger partial charge in [0.15, 0.2) is 0 Å². The number of phenolic OH excluding ortho intramolecular Hbond substituents is 1. The molecule has 5 heteroatoms. The number of aryl methyl sites for hydroxylation is 1. The summed E-state index contributed by atoms with van der Waals surface area (Å²) >= 11 is 0. The van der Waals surface area contributed by atoms with Crippen molar-refractivity contribution < 1.29 is 14.7 Å². The monoisotopic (exact) mass is 264 g/mol. The number of aromatic hydroxyl groups is 1. The second-order valence-corrected chi connectivity index (χ2v) is 4.88. The number of nitrogens with one attached hydrogen (secondary N) is 2. The first-order valence-electron chi connectivity index (χ1n) is 6.24. The number of rotatable bonds is 5. The van der Waals surface area contributed by atoms with Crippen LogP contribution in [0.5, 0.6) is 5.75 Å². The molecule has 0 bridgehead atoms. The van der Waals surface area contributed by atoms with Crippen LogP contribution in [0, 0.1) is 12.8 Å². The minimum Gasteiger partial charge on any atom is -0.508 e. The van der Waals surface area contributed by atoms with Gasteiger partial charge in [0, 0.05) is 12.1 Å². The second kappa shape index (κ2) is 6.78. The largest absolute Gasteiger partial charge is 0.508 e. The Kier molecular flexibility index (Phi) is 5.36. The zero-order valence-electron chi connectivity index (χ0n) is 11.5. The van der Waals surface area contributed by atoms with Crippen LogP contribution in [0.3, 0.4) is 0 Å². The predicted molar refractivity (Wildman–Crippen MR) is 73.0 cm³/mol. The molecule has 0 aliphatic rings. The predicted octanol–water partition coefficient (Wildman–Crippen LogP) is 1.20. The van der Waals surface area contributed by atoms with Gasteiger partial charge in [0.1, 0.15) is 5.75 Å². The summed E-state index contributed by atoms with van der Waals surface area (Å²) in [5.41, 5.74) is 1.05. The summed E-state index contributed by atoms with van der Waals surface area (Å²) in [6.45, 7) is 6.25. The maximum absolute atomic E-state index is 11.8. The Hall–Kier alpha value is -2.04. The molecule has 104 valence electrons. The standard InChI is InChI=1S/C14H20N2O3/c1-9(2)7-15-13(18)8-16-14(19)11-4-5-12(17)10(3)6-11/h4-6,9,17H,7-8H2,1-3H3,(H,15,18)(H,16,19). The minimum atomic E-state index is -0.331. The Labute approximate surface area is 113 Å². The topological polar surface area (TPSA) is 78.4 Å². The van der Waals surface area contributed by atoms with E-state index < -0.39 is 0 Å². The Morgan fingerprint density at radius 3 is 2.53 bits per heavy atom. The van der Waals surface area contributed by atoms with E-state index in [1.54, 1.807) is 13.0 Å². The molecule has 1 rings (SSSR count). The molecule has 3 N–H and O–H groups in total. The lowest BCUT2D eigenvalue weighted by atomic mass is 10.1. The van der Waals surface area contributed by atoms with Gasteiger partial charge in [-0.25, -0.2) is 0 Å². The highest BCUT2D eigenvalue weighted by molar-refractivity contribution is 5.96. The van der Waals surface area contributed by atoms with Crippen LogP contribution >= 0.6 is 0 Å². The van der Waals surface area contributed by atoms with Crippen LogP contribution in [-0.4, -0.2) is 30.0 Å². The van der Waals surface area contributed by atoms with Crippen LogP contribution in [0.1, 0.15) is 29.8 Å². The van der Waals surface area contributed by atoms with Crippen molar-refractivity contribution in [2.24, 2.45) is 5.92 Å². The van der Waals surface area contributed by atoms with Gasteiger partial charge in [0.05, 0.1) is 6.54 Å². The molecule has 0 saturated carbocycles. The van der Waals surface area contributed by atoms with Crippen LogP contribution in [0.4, 0.5) is 0 Å². The molecule has 0 spiro atoms. The number of carbonyl (C=O) groups is 2. The molecule has 0 radical (unpaired) electrons. The van der Waals surface area contributed by atoms with Crippen molar-refractivity contribution in [3.63, 3.8) is 0 Å². The number of hydrogen-bond acceptors (Lipinski definition) is 3. The van der Waals surface area contributed by atoms with E-state index >= 15 is 0 Å². The van der Waals surface area contributed by atoms with Crippen molar-refractivity contribution in [3.8, 4) is 5.75 Å². The summed E-state index contributed by atoms with van der Waals surface area (Å²) in [6.07, 6.45) is 0. The van der Waals surface area contributed by atoms with E-state index in [0.717, 1.165) is 0 Å². The lowest BCUT2D eigenvalue weighted by Gasteiger charge is -2.09. The SMILES string of the molecule is Cc1cc(C(=O)NCC(=O)NCC(C)C)ccc1O. The molecule has 0 aliphatic carbocycles. The summed E-state index contributed by atoms with van der Waals surface area (Å²) < 4.78 is 0. The molecule has 5 nitrogen and oxygen atoms in total. The van der Waals surface area contributed by atoms with Crippen LogP contribution < -0.4 is 10.6 Å². The molecule has 0 unspecified atom stereocenters. The molecule has 0 saturated heterocycles. The maximum Gasteiger partial charge on any atom is 0.251 e. The van der Waals surface area contributed by atoms with E-state index in [1.165, 1.54) is 12.1 Å². The van der Waals surface area contributed by atoms with Gasteiger partial charge < -0.3 is 15.7 Å². The Morgan fingerprint density at radius 2 is 1.95 bits per heavy atom. The summed E-state index contributed by atoms with van der Waals surface area (Å²) in [6, 6.07) is 4.56. The fourth-order valence-corrected chi connectivity index (χ4v) is 1.44. The Balaban J connectivity index is 2.47. The number of benzene rings is 1. The Bertz CT molecular complexity index is 470. The van der Waals surface area contributed by atoms with Crippen molar-refractivity contribution in [1.82, 2.24) is 10.6 Å². The van der Waals surface area contributed by atoms with E-state index in [-0.39, 0.29) is 24.1 Å². The highest BCUT2D eigenvalue weighted by Crippen LogP contribution is 2.16. The van der Waals surface area contributed by atoms with Crippen molar-refractivity contribution in [1.29, 1.82) is 0 Å². The fourth-order valence-electron chi connectivity index (χ4n) is 1.44. The average molecular weight is 264 g/mol. The first kappa shape index (κ1) is 15.0. The molecule has 0 heterocycles. The first-order chi connectivity index (χ1) is 8.90. The molecule has 0 aliphatic heterocycles. The van der Waals surface area contributed by atoms with E-state index in [1.807, 2.05) is 13.8 Å². The number of phenols is 1. The van der Waals surface area contributed by atoms with E-state index in [9.17, 15) is 14.7 Å². The molecular formula is C14H20N2O3. The average Bonchev–Trinajstić information content (AvgIpc) is 2.36.